The topological polar surface area (TPSA) is 12.9 Å². The molecule has 1 saturated carbocycles. The second-order valence-corrected chi connectivity index (χ2v) is 11.7. The fourth-order valence-electron chi connectivity index (χ4n) is 5.37. The highest BCUT2D eigenvalue weighted by molar-refractivity contribution is 7.26. The second kappa shape index (κ2) is 7.18. The lowest BCUT2D eigenvalue weighted by molar-refractivity contribution is 0.206. The van der Waals surface area contributed by atoms with Gasteiger partial charge in [-0.05, 0) is 46.0 Å². The maximum Gasteiger partial charge on any atom is 0.115 e. The van der Waals surface area contributed by atoms with Crippen molar-refractivity contribution >= 4 is 50.1 Å². The van der Waals surface area contributed by atoms with Crippen LogP contribution in [0.4, 0.5) is 0 Å². The summed E-state index contributed by atoms with van der Waals surface area (Å²) >= 11 is 1.90. The summed E-state index contributed by atoms with van der Waals surface area (Å²) in [6.07, 6.45) is 7.25. The first-order valence-corrected chi connectivity index (χ1v) is 12.5. The Bertz CT molecular complexity index is 1450. The van der Waals surface area contributed by atoms with Crippen molar-refractivity contribution in [2.75, 3.05) is 0 Å². The average Bonchev–Trinajstić information content (AvgIpc) is 3.20. The van der Waals surface area contributed by atoms with E-state index in [2.05, 4.69) is 94.6 Å². The predicted octanol–water partition coefficient (Wildman–Crippen LogP) is 7.70. The molecule has 0 bridgehead atoms. The number of rotatable bonds is 2. The summed E-state index contributed by atoms with van der Waals surface area (Å²) in [7, 11) is 2.47. The number of hydrogen-bond acceptors (Lipinski definition) is 2. The first-order chi connectivity index (χ1) is 15.4. The molecule has 3 heteroatoms. The number of nitrogens with zero attached hydrogens (tertiary/aromatic N) is 1. The summed E-state index contributed by atoms with van der Waals surface area (Å²) in [4.78, 5) is 4.78. The van der Waals surface area contributed by atoms with E-state index in [1.807, 2.05) is 11.3 Å². The van der Waals surface area contributed by atoms with Gasteiger partial charge < -0.3 is 0 Å². The van der Waals surface area contributed by atoms with Gasteiger partial charge in [-0.3, -0.25) is 4.98 Å². The Kier molecular flexibility index (Phi) is 4.49. The van der Waals surface area contributed by atoms with Crippen molar-refractivity contribution < 1.29 is 0 Å². The van der Waals surface area contributed by atoms with Gasteiger partial charge in [-0.15, -0.1) is 11.3 Å². The monoisotopic (exact) mass is 433 g/mol. The van der Waals surface area contributed by atoms with Gasteiger partial charge in [-0.1, -0.05) is 87.4 Å². The Morgan fingerprint density at radius 1 is 0.812 bits per heavy atom. The lowest BCUT2D eigenvalue weighted by atomic mass is 9.53. The minimum absolute atomic E-state index is 0.299. The third kappa shape index (κ3) is 3.26. The third-order valence-electron chi connectivity index (χ3n) is 7.81. The van der Waals surface area contributed by atoms with Crippen molar-refractivity contribution in [3.8, 4) is 11.3 Å². The maximum absolute atomic E-state index is 4.78. The van der Waals surface area contributed by atoms with Crippen molar-refractivity contribution in [3.05, 3.63) is 78.5 Å². The summed E-state index contributed by atoms with van der Waals surface area (Å²) in [5, 5.41) is 5.62. The number of thiophene rings is 1. The highest BCUT2D eigenvalue weighted by Crippen LogP contribution is 2.46. The Morgan fingerprint density at radius 3 is 2.34 bits per heavy atom. The van der Waals surface area contributed by atoms with Gasteiger partial charge in [0.05, 0.1) is 5.69 Å². The maximum atomic E-state index is 4.78. The summed E-state index contributed by atoms with van der Waals surface area (Å²) < 4.78 is 2.69. The van der Waals surface area contributed by atoms with E-state index >= 15 is 0 Å². The van der Waals surface area contributed by atoms with Crippen LogP contribution in [0.15, 0.2) is 72.9 Å². The van der Waals surface area contributed by atoms with Crippen molar-refractivity contribution in [1.82, 2.24) is 4.98 Å². The van der Waals surface area contributed by atoms with E-state index < -0.39 is 0 Å². The summed E-state index contributed by atoms with van der Waals surface area (Å²) in [6.45, 7) is 4.84. The van der Waals surface area contributed by atoms with E-state index in [4.69, 9.17) is 4.98 Å². The highest BCUT2D eigenvalue weighted by atomic mass is 32.1. The van der Waals surface area contributed by atoms with Crippen LogP contribution in [0.2, 0.25) is 0 Å². The standard InChI is InChI=1S/C29H28BNS/c1-28(2)12-14-29(30,15-13-28)21-9-11-22-20(16-21)8-10-23-24-18-31-25(17-26(24)32-27(22)23)19-6-4-3-5-7-19/h3-11,16-18H,12-15,30H2,1-2H3. The first kappa shape index (κ1) is 20.0. The largest absolute Gasteiger partial charge is 0.256 e. The van der Waals surface area contributed by atoms with Crippen molar-refractivity contribution in [2.24, 2.45) is 5.41 Å². The number of hydrogen-bond donors (Lipinski definition) is 0. The van der Waals surface area contributed by atoms with Gasteiger partial charge in [0.2, 0.25) is 0 Å². The molecule has 0 amide bonds. The molecule has 2 heterocycles. The van der Waals surface area contributed by atoms with Gasteiger partial charge >= 0.3 is 0 Å². The molecular weight excluding hydrogens is 405 g/mol. The van der Waals surface area contributed by atoms with Gasteiger partial charge in [0.25, 0.3) is 0 Å². The molecule has 0 saturated heterocycles. The third-order valence-corrected chi connectivity index (χ3v) is 9.01. The molecule has 0 N–H and O–H groups in total. The van der Waals surface area contributed by atoms with E-state index in [0.29, 0.717) is 10.7 Å². The van der Waals surface area contributed by atoms with Crippen LogP contribution in [0, 0.1) is 5.41 Å². The smallest absolute Gasteiger partial charge is 0.115 e. The molecule has 3 aromatic carbocycles. The molecule has 1 nitrogen and oxygen atoms in total. The first-order valence-electron chi connectivity index (χ1n) is 11.7. The van der Waals surface area contributed by atoms with E-state index in [9.17, 15) is 0 Å². The summed E-state index contributed by atoms with van der Waals surface area (Å²) in [5.41, 5.74) is 4.22. The Hall–Kier alpha value is -2.65. The van der Waals surface area contributed by atoms with Crippen LogP contribution in [-0.2, 0) is 5.31 Å². The van der Waals surface area contributed by atoms with Gasteiger partial charge in [-0.25, -0.2) is 0 Å². The Morgan fingerprint density at radius 2 is 1.56 bits per heavy atom. The SMILES string of the molecule is BC1(c2ccc3c(ccc4c5cnc(-c6ccccc6)cc5sc34)c2)CCC(C)(C)CC1. The van der Waals surface area contributed by atoms with E-state index in [1.165, 1.54) is 67.8 Å². The fourth-order valence-corrected chi connectivity index (χ4v) is 6.61. The van der Waals surface area contributed by atoms with Crippen LogP contribution in [0.5, 0.6) is 0 Å². The zero-order chi connectivity index (χ0) is 21.9. The molecule has 0 unspecified atom stereocenters. The van der Waals surface area contributed by atoms with E-state index in [1.54, 1.807) is 0 Å². The Labute approximate surface area is 194 Å². The molecule has 1 aliphatic rings. The van der Waals surface area contributed by atoms with Crippen LogP contribution in [0.25, 0.3) is 42.2 Å². The lowest BCUT2D eigenvalue weighted by Crippen LogP contribution is -2.35. The van der Waals surface area contributed by atoms with Crippen molar-refractivity contribution in [3.63, 3.8) is 0 Å². The van der Waals surface area contributed by atoms with Crippen LogP contribution in [-0.4, -0.2) is 12.8 Å². The highest BCUT2D eigenvalue weighted by Gasteiger charge is 2.35. The zero-order valence-electron chi connectivity index (χ0n) is 19.1. The molecule has 0 radical (unpaired) electrons. The lowest BCUT2D eigenvalue weighted by Gasteiger charge is -2.42. The average molecular weight is 433 g/mol. The normalized spacial score (nSPS) is 17.8. The van der Waals surface area contributed by atoms with Crippen LogP contribution >= 0.6 is 11.3 Å². The summed E-state index contributed by atoms with van der Waals surface area (Å²) in [6, 6.07) is 24.6. The zero-order valence-corrected chi connectivity index (χ0v) is 19.9. The Balaban J connectivity index is 1.45. The van der Waals surface area contributed by atoms with E-state index in [-0.39, 0.29) is 0 Å². The van der Waals surface area contributed by atoms with Crippen molar-refractivity contribution in [2.45, 2.75) is 44.8 Å². The van der Waals surface area contributed by atoms with Gasteiger partial charge in [-0.2, -0.15) is 0 Å². The quantitative estimate of drug-likeness (QED) is 0.260. The van der Waals surface area contributed by atoms with Crippen molar-refractivity contribution in [1.29, 1.82) is 0 Å². The molecule has 1 fully saturated rings. The molecule has 2 aromatic heterocycles. The molecule has 0 aliphatic heterocycles. The van der Waals surface area contributed by atoms with Crippen LogP contribution < -0.4 is 0 Å². The van der Waals surface area contributed by atoms with Crippen LogP contribution in [0.1, 0.15) is 45.1 Å². The minimum atomic E-state index is 0.299. The second-order valence-electron chi connectivity index (χ2n) is 10.6. The minimum Gasteiger partial charge on any atom is -0.256 e. The molecule has 158 valence electrons. The van der Waals surface area contributed by atoms with Crippen LogP contribution in [0.3, 0.4) is 0 Å². The molecule has 0 spiro atoms. The molecule has 1 aliphatic carbocycles. The predicted molar refractivity (Wildman–Crippen MR) is 143 cm³/mol. The van der Waals surface area contributed by atoms with Gasteiger partial charge in [0.1, 0.15) is 7.85 Å². The molecule has 32 heavy (non-hydrogen) atoms. The van der Waals surface area contributed by atoms with E-state index in [0.717, 1.165) is 5.69 Å². The number of pyridine rings is 1. The molecule has 5 aromatic rings. The summed E-state index contributed by atoms with van der Waals surface area (Å²) in [5.74, 6) is 0. The van der Waals surface area contributed by atoms with Gasteiger partial charge in [0.15, 0.2) is 0 Å². The fraction of sp³-hybridized carbons (Fsp3) is 0.276. The van der Waals surface area contributed by atoms with Gasteiger partial charge in [0, 0.05) is 31.9 Å². The molecule has 0 atom stereocenters. The number of aromatic nitrogens is 1. The number of fused-ring (bicyclic) bond motifs is 5. The molecular formula is C29H28BNS. The molecule has 6 rings (SSSR count). The number of benzene rings is 3.